The molecular weight excluding hydrogens is 328 g/mol. The lowest BCUT2D eigenvalue weighted by atomic mass is 9.93. The molecule has 0 saturated carbocycles. The predicted octanol–water partition coefficient (Wildman–Crippen LogP) is 3.61. The van der Waals surface area contributed by atoms with Crippen molar-refractivity contribution in [2.24, 2.45) is 11.7 Å². The number of rotatable bonds is 4. The molecule has 0 aliphatic carbocycles. The summed E-state index contributed by atoms with van der Waals surface area (Å²) >= 11 is 2.97. The van der Waals surface area contributed by atoms with Gasteiger partial charge in [-0.2, -0.15) is 0 Å². The molecule has 0 fully saturated rings. The van der Waals surface area contributed by atoms with Gasteiger partial charge in [-0.1, -0.05) is 13.8 Å². The van der Waals surface area contributed by atoms with Crippen molar-refractivity contribution in [3.05, 3.63) is 46.5 Å². The molecule has 0 radical (unpaired) electrons. The van der Waals surface area contributed by atoms with Crippen molar-refractivity contribution in [3.8, 4) is 5.69 Å². The highest BCUT2D eigenvalue weighted by Crippen LogP contribution is 2.28. The number of hydrogen-bond donors (Lipinski definition) is 1. The van der Waals surface area contributed by atoms with Gasteiger partial charge >= 0.3 is 0 Å². The van der Waals surface area contributed by atoms with Crippen LogP contribution >= 0.6 is 15.9 Å². The van der Waals surface area contributed by atoms with Crippen LogP contribution in [0.4, 0.5) is 8.78 Å². The molecule has 2 aromatic rings. The van der Waals surface area contributed by atoms with Crippen LogP contribution in [0.3, 0.4) is 0 Å². The lowest BCUT2D eigenvalue weighted by Crippen LogP contribution is -2.20. The van der Waals surface area contributed by atoms with E-state index in [2.05, 4.69) is 20.9 Å². The van der Waals surface area contributed by atoms with E-state index < -0.39 is 11.6 Å². The van der Waals surface area contributed by atoms with Crippen molar-refractivity contribution in [2.75, 3.05) is 6.54 Å². The van der Waals surface area contributed by atoms with Gasteiger partial charge in [-0.3, -0.25) is 4.57 Å². The number of halogens is 3. The molecule has 1 aromatic carbocycles. The summed E-state index contributed by atoms with van der Waals surface area (Å²) in [6.07, 6.45) is 3.13. The Bertz CT molecular complexity index is 610. The molecule has 1 heterocycles. The third kappa shape index (κ3) is 2.76. The van der Waals surface area contributed by atoms with Crippen LogP contribution < -0.4 is 5.73 Å². The van der Waals surface area contributed by atoms with Crippen LogP contribution in [0.15, 0.2) is 29.1 Å². The lowest BCUT2D eigenvalue weighted by Gasteiger charge is -2.21. The van der Waals surface area contributed by atoms with E-state index in [-0.39, 0.29) is 22.0 Å². The van der Waals surface area contributed by atoms with Crippen molar-refractivity contribution in [3.63, 3.8) is 0 Å². The molecule has 1 unspecified atom stereocenters. The summed E-state index contributed by atoms with van der Waals surface area (Å²) in [5.74, 6) is -0.727. The van der Waals surface area contributed by atoms with Crippen LogP contribution in [0.5, 0.6) is 0 Å². The summed E-state index contributed by atoms with van der Waals surface area (Å²) in [5.41, 5.74) is 6.70. The number of nitrogens with two attached hydrogens (primary N) is 1. The third-order valence-electron chi connectivity index (χ3n) is 3.35. The minimum Gasteiger partial charge on any atom is -0.330 e. The van der Waals surface area contributed by atoms with Crippen LogP contribution in [0.25, 0.3) is 5.69 Å². The second kappa shape index (κ2) is 6.01. The number of benzene rings is 1. The smallest absolute Gasteiger partial charge is 0.148 e. The first-order valence-electron chi connectivity index (χ1n) is 6.33. The molecule has 1 aromatic heterocycles. The van der Waals surface area contributed by atoms with Crippen LogP contribution in [0.1, 0.15) is 25.5 Å². The highest BCUT2D eigenvalue weighted by Gasteiger charge is 2.21. The Morgan fingerprint density at radius 3 is 2.60 bits per heavy atom. The lowest BCUT2D eigenvalue weighted by molar-refractivity contribution is 0.487. The Hall–Kier alpha value is -1.27. The highest BCUT2D eigenvalue weighted by molar-refractivity contribution is 9.10. The first-order valence-corrected chi connectivity index (χ1v) is 7.12. The van der Waals surface area contributed by atoms with Gasteiger partial charge in [0.25, 0.3) is 0 Å². The SMILES string of the molecule is CC(C)C(CN)c1cncn1-c1cc(F)c(Br)cc1F. The van der Waals surface area contributed by atoms with Gasteiger partial charge < -0.3 is 5.73 Å². The average molecular weight is 344 g/mol. The second-order valence-corrected chi connectivity index (χ2v) is 5.85. The van der Waals surface area contributed by atoms with Gasteiger partial charge in [0.1, 0.15) is 11.6 Å². The molecule has 0 spiro atoms. The Morgan fingerprint density at radius 1 is 1.30 bits per heavy atom. The third-order valence-corrected chi connectivity index (χ3v) is 3.96. The summed E-state index contributed by atoms with van der Waals surface area (Å²) in [6.45, 7) is 4.49. The van der Waals surface area contributed by atoms with E-state index >= 15 is 0 Å². The first-order chi connectivity index (χ1) is 9.45. The Morgan fingerprint density at radius 2 is 2.00 bits per heavy atom. The van der Waals surface area contributed by atoms with Crippen molar-refractivity contribution in [2.45, 2.75) is 19.8 Å². The molecule has 0 bridgehead atoms. The van der Waals surface area contributed by atoms with E-state index in [1.54, 1.807) is 10.8 Å². The fraction of sp³-hybridized carbons (Fsp3) is 0.357. The quantitative estimate of drug-likeness (QED) is 0.861. The molecule has 6 heteroatoms. The standard InChI is InChI=1S/C14H16BrF2N3/c1-8(2)9(5-18)14-6-19-7-20(14)13-4-11(16)10(15)3-12(13)17/h3-4,6-9H,5,18H2,1-2H3. The fourth-order valence-electron chi connectivity index (χ4n) is 2.21. The number of hydrogen-bond acceptors (Lipinski definition) is 2. The zero-order valence-corrected chi connectivity index (χ0v) is 12.9. The number of imidazole rings is 1. The fourth-order valence-corrected chi connectivity index (χ4v) is 2.53. The predicted molar refractivity (Wildman–Crippen MR) is 77.8 cm³/mol. The van der Waals surface area contributed by atoms with Crippen LogP contribution in [0, 0.1) is 17.6 Å². The van der Waals surface area contributed by atoms with Gasteiger partial charge in [-0.15, -0.1) is 0 Å². The Labute approximate surface area is 124 Å². The zero-order chi connectivity index (χ0) is 14.9. The number of nitrogens with zero attached hydrogens (tertiary/aromatic N) is 2. The van der Waals surface area contributed by atoms with Gasteiger partial charge in [0.05, 0.1) is 16.5 Å². The first kappa shape index (κ1) is 15.1. The molecule has 3 nitrogen and oxygen atoms in total. The van der Waals surface area contributed by atoms with Crippen molar-refractivity contribution >= 4 is 15.9 Å². The molecule has 2 N–H and O–H groups in total. The van der Waals surface area contributed by atoms with Crippen molar-refractivity contribution in [1.82, 2.24) is 9.55 Å². The van der Waals surface area contributed by atoms with Gasteiger partial charge in [0.15, 0.2) is 0 Å². The van der Waals surface area contributed by atoms with E-state index in [0.717, 1.165) is 17.8 Å². The van der Waals surface area contributed by atoms with Crippen molar-refractivity contribution in [1.29, 1.82) is 0 Å². The topological polar surface area (TPSA) is 43.8 Å². The molecule has 0 amide bonds. The number of aromatic nitrogens is 2. The molecule has 0 aliphatic rings. The molecular formula is C14H16BrF2N3. The minimum absolute atomic E-state index is 0.0311. The molecule has 20 heavy (non-hydrogen) atoms. The summed E-state index contributed by atoms with van der Waals surface area (Å²) in [5, 5.41) is 0. The zero-order valence-electron chi connectivity index (χ0n) is 11.3. The monoisotopic (exact) mass is 343 g/mol. The summed E-state index contributed by atoms with van der Waals surface area (Å²) < 4.78 is 29.4. The maximum atomic E-state index is 14.1. The summed E-state index contributed by atoms with van der Waals surface area (Å²) in [7, 11) is 0. The molecule has 0 aliphatic heterocycles. The van der Waals surface area contributed by atoms with E-state index in [1.807, 2.05) is 13.8 Å². The van der Waals surface area contributed by atoms with Gasteiger partial charge in [0.2, 0.25) is 0 Å². The second-order valence-electron chi connectivity index (χ2n) is 4.99. The van der Waals surface area contributed by atoms with Crippen LogP contribution in [-0.4, -0.2) is 16.1 Å². The van der Waals surface area contributed by atoms with Crippen LogP contribution in [0.2, 0.25) is 0 Å². The Kier molecular flexibility index (Phi) is 4.55. The van der Waals surface area contributed by atoms with E-state index in [1.165, 1.54) is 6.33 Å². The van der Waals surface area contributed by atoms with E-state index in [9.17, 15) is 8.78 Å². The largest absolute Gasteiger partial charge is 0.330 e. The summed E-state index contributed by atoms with van der Waals surface area (Å²) in [4.78, 5) is 4.05. The molecule has 108 valence electrons. The van der Waals surface area contributed by atoms with Gasteiger partial charge in [-0.05, 0) is 27.9 Å². The minimum atomic E-state index is -0.519. The van der Waals surface area contributed by atoms with Crippen LogP contribution in [-0.2, 0) is 0 Å². The maximum Gasteiger partial charge on any atom is 0.148 e. The maximum absolute atomic E-state index is 14.1. The molecule has 2 rings (SSSR count). The normalized spacial score (nSPS) is 12.9. The Balaban J connectivity index is 2.55. The van der Waals surface area contributed by atoms with Gasteiger partial charge in [0, 0.05) is 30.4 Å². The van der Waals surface area contributed by atoms with Gasteiger partial charge in [-0.25, -0.2) is 13.8 Å². The molecule has 1 atom stereocenters. The average Bonchev–Trinajstić information content (AvgIpc) is 2.83. The van der Waals surface area contributed by atoms with E-state index in [4.69, 9.17) is 5.73 Å². The highest BCUT2D eigenvalue weighted by atomic mass is 79.9. The summed E-state index contributed by atoms with van der Waals surface area (Å²) in [6, 6.07) is 2.26. The molecule has 0 saturated heterocycles. The van der Waals surface area contributed by atoms with Crippen molar-refractivity contribution < 1.29 is 8.78 Å². The van der Waals surface area contributed by atoms with E-state index in [0.29, 0.717) is 6.54 Å².